The first-order chi connectivity index (χ1) is 8.60. The summed E-state index contributed by atoms with van der Waals surface area (Å²) in [5.74, 6) is 1.70. The summed E-state index contributed by atoms with van der Waals surface area (Å²) >= 11 is 6.97. The highest BCUT2D eigenvalue weighted by Gasteiger charge is 2.04. The average Bonchev–Trinajstić information content (AvgIpc) is 2.36. The average molecular weight is 370 g/mol. The molecule has 0 aromatic heterocycles. The van der Waals surface area contributed by atoms with Gasteiger partial charge in [0, 0.05) is 5.33 Å². The minimum atomic E-state index is 0.836. The van der Waals surface area contributed by atoms with Crippen LogP contribution < -0.4 is 4.74 Å². The highest BCUT2D eigenvalue weighted by atomic mass is 79.9. The van der Waals surface area contributed by atoms with E-state index < -0.39 is 0 Å². The maximum absolute atomic E-state index is 5.88. The van der Waals surface area contributed by atoms with E-state index in [4.69, 9.17) is 4.74 Å². The van der Waals surface area contributed by atoms with E-state index >= 15 is 0 Å². The Kier molecular flexibility index (Phi) is 4.46. The van der Waals surface area contributed by atoms with Crippen molar-refractivity contribution in [1.29, 1.82) is 0 Å². The number of hydrogen-bond donors (Lipinski definition) is 0. The van der Waals surface area contributed by atoms with Crippen LogP contribution in [0.3, 0.4) is 0 Å². The molecule has 0 aliphatic rings. The second-order valence-corrected chi connectivity index (χ2v) is 5.66. The summed E-state index contributed by atoms with van der Waals surface area (Å²) in [6, 6.07) is 12.2. The van der Waals surface area contributed by atoms with Gasteiger partial charge in [0.2, 0.25) is 0 Å². The quantitative estimate of drug-likeness (QED) is 0.625. The number of aryl methyl sites for hydroxylation is 2. The smallest absolute Gasteiger partial charge is 0.141 e. The van der Waals surface area contributed by atoms with Gasteiger partial charge in [-0.1, -0.05) is 28.1 Å². The Morgan fingerprint density at radius 2 is 1.78 bits per heavy atom. The van der Waals surface area contributed by atoms with E-state index in [1.54, 1.807) is 0 Å². The molecule has 0 saturated carbocycles. The molecule has 0 fully saturated rings. The SMILES string of the molecule is Cc1ccc(Oc2ccc(CBr)cc2Br)cc1C. The molecule has 0 unspecified atom stereocenters. The van der Waals surface area contributed by atoms with Gasteiger partial charge in [-0.2, -0.15) is 0 Å². The lowest BCUT2D eigenvalue weighted by molar-refractivity contribution is 0.479. The van der Waals surface area contributed by atoms with Gasteiger partial charge in [0.15, 0.2) is 0 Å². The lowest BCUT2D eigenvalue weighted by Gasteiger charge is -2.10. The largest absolute Gasteiger partial charge is 0.456 e. The predicted octanol–water partition coefficient (Wildman–Crippen LogP) is 5.75. The van der Waals surface area contributed by atoms with Crippen LogP contribution in [0.5, 0.6) is 11.5 Å². The fourth-order valence-electron chi connectivity index (χ4n) is 1.61. The van der Waals surface area contributed by atoms with E-state index in [1.165, 1.54) is 16.7 Å². The second kappa shape index (κ2) is 5.89. The van der Waals surface area contributed by atoms with Gasteiger partial charge in [-0.25, -0.2) is 0 Å². The highest BCUT2D eigenvalue weighted by molar-refractivity contribution is 9.10. The van der Waals surface area contributed by atoms with Crippen LogP contribution in [0.1, 0.15) is 16.7 Å². The van der Waals surface area contributed by atoms with Crippen LogP contribution in [0.4, 0.5) is 0 Å². The molecule has 3 heteroatoms. The summed E-state index contributed by atoms with van der Waals surface area (Å²) in [7, 11) is 0. The van der Waals surface area contributed by atoms with Gasteiger partial charge in [0.05, 0.1) is 4.47 Å². The standard InChI is InChI=1S/C15H14Br2O/c1-10-3-5-13(7-11(10)2)18-15-6-4-12(9-16)8-14(15)17/h3-8H,9H2,1-2H3. The third-order valence-corrected chi connectivity index (χ3v) is 4.12. The highest BCUT2D eigenvalue weighted by Crippen LogP contribution is 2.31. The van der Waals surface area contributed by atoms with E-state index in [-0.39, 0.29) is 0 Å². The second-order valence-electron chi connectivity index (χ2n) is 4.25. The maximum Gasteiger partial charge on any atom is 0.141 e. The van der Waals surface area contributed by atoms with Crippen LogP contribution in [-0.2, 0) is 5.33 Å². The number of halogens is 2. The van der Waals surface area contributed by atoms with Crippen molar-refractivity contribution < 1.29 is 4.74 Å². The topological polar surface area (TPSA) is 9.23 Å². The molecule has 0 spiro atoms. The van der Waals surface area contributed by atoms with Crippen molar-refractivity contribution in [3.8, 4) is 11.5 Å². The zero-order valence-electron chi connectivity index (χ0n) is 10.3. The third-order valence-electron chi connectivity index (χ3n) is 2.86. The fraction of sp³-hybridized carbons (Fsp3) is 0.200. The molecule has 2 aromatic carbocycles. The zero-order chi connectivity index (χ0) is 13.1. The van der Waals surface area contributed by atoms with Crippen LogP contribution in [0.2, 0.25) is 0 Å². The molecule has 0 atom stereocenters. The van der Waals surface area contributed by atoms with Crippen molar-refractivity contribution in [2.75, 3.05) is 0 Å². The summed E-state index contributed by atoms with van der Waals surface area (Å²) in [4.78, 5) is 0. The van der Waals surface area contributed by atoms with Gasteiger partial charge < -0.3 is 4.74 Å². The van der Waals surface area contributed by atoms with Gasteiger partial charge >= 0.3 is 0 Å². The molecule has 0 aliphatic heterocycles. The molecule has 1 nitrogen and oxygen atoms in total. The number of alkyl halides is 1. The lowest BCUT2D eigenvalue weighted by Crippen LogP contribution is -1.89. The van der Waals surface area contributed by atoms with Crippen molar-refractivity contribution in [2.45, 2.75) is 19.2 Å². The minimum absolute atomic E-state index is 0.836. The Bertz CT molecular complexity index is 564. The Morgan fingerprint density at radius 3 is 2.39 bits per heavy atom. The molecule has 0 N–H and O–H groups in total. The zero-order valence-corrected chi connectivity index (χ0v) is 13.5. The molecule has 2 aromatic rings. The van der Waals surface area contributed by atoms with Gasteiger partial charge in [-0.15, -0.1) is 0 Å². The van der Waals surface area contributed by atoms with Crippen LogP contribution in [-0.4, -0.2) is 0 Å². The van der Waals surface area contributed by atoms with Crippen LogP contribution in [0.25, 0.3) is 0 Å². The first-order valence-corrected chi connectivity index (χ1v) is 7.61. The van der Waals surface area contributed by atoms with Crippen LogP contribution in [0, 0.1) is 13.8 Å². The fourth-order valence-corrected chi connectivity index (χ4v) is 2.47. The normalized spacial score (nSPS) is 10.4. The van der Waals surface area contributed by atoms with Gasteiger partial charge in [-0.3, -0.25) is 0 Å². The van der Waals surface area contributed by atoms with Gasteiger partial charge in [0.25, 0.3) is 0 Å². The Morgan fingerprint density at radius 1 is 1.00 bits per heavy atom. The molecule has 0 bridgehead atoms. The van der Waals surface area contributed by atoms with E-state index in [0.717, 1.165) is 21.3 Å². The van der Waals surface area contributed by atoms with Crippen molar-refractivity contribution >= 4 is 31.9 Å². The molecule has 0 heterocycles. The molecular weight excluding hydrogens is 356 g/mol. The summed E-state index contributed by atoms with van der Waals surface area (Å²) in [6.07, 6.45) is 0. The summed E-state index contributed by atoms with van der Waals surface area (Å²) in [5.41, 5.74) is 3.73. The van der Waals surface area contributed by atoms with Crippen LogP contribution >= 0.6 is 31.9 Å². The van der Waals surface area contributed by atoms with Gasteiger partial charge in [-0.05, 0) is 70.7 Å². The molecular formula is C15H14Br2O. The monoisotopic (exact) mass is 368 g/mol. The third kappa shape index (κ3) is 3.15. The molecule has 18 heavy (non-hydrogen) atoms. The molecule has 0 radical (unpaired) electrons. The Balaban J connectivity index is 2.25. The van der Waals surface area contributed by atoms with Crippen molar-refractivity contribution in [3.63, 3.8) is 0 Å². The summed E-state index contributed by atoms with van der Waals surface area (Å²) in [6.45, 7) is 4.19. The van der Waals surface area contributed by atoms with Crippen molar-refractivity contribution in [3.05, 3.63) is 57.6 Å². The number of ether oxygens (including phenoxy) is 1. The summed E-state index contributed by atoms with van der Waals surface area (Å²) in [5, 5.41) is 0.843. The van der Waals surface area contributed by atoms with E-state index in [2.05, 4.69) is 70.0 Å². The number of hydrogen-bond acceptors (Lipinski definition) is 1. The van der Waals surface area contributed by atoms with E-state index in [0.29, 0.717) is 0 Å². The van der Waals surface area contributed by atoms with Crippen LogP contribution in [0.15, 0.2) is 40.9 Å². The number of benzene rings is 2. The van der Waals surface area contributed by atoms with E-state index in [1.807, 2.05) is 12.1 Å². The van der Waals surface area contributed by atoms with Crippen molar-refractivity contribution in [2.24, 2.45) is 0 Å². The minimum Gasteiger partial charge on any atom is -0.456 e. The summed E-state index contributed by atoms with van der Waals surface area (Å²) < 4.78 is 6.85. The Labute approximate surface area is 124 Å². The molecule has 0 amide bonds. The number of rotatable bonds is 3. The molecule has 0 aliphatic carbocycles. The maximum atomic E-state index is 5.88. The lowest BCUT2D eigenvalue weighted by atomic mass is 10.1. The molecule has 2 rings (SSSR count). The van der Waals surface area contributed by atoms with Crippen molar-refractivity contribution in [1.82, 2.24) is 0 Å². The Hall–Kier alpha value is -0.800. The molecule has 0 saturated heterocycles. The molecule has 94 valence electrons. The van der Waals surface area contributed by atoms with E-state index in [9.17, 15) is 0 Å². The first-order valence-electron chi connectivity index (χ1n) is 5.69. The van der Waals surface area contributed by atoms with Gasteiger partial charge in [0.1, 0.15) is 11.5 Å². The predicted molar refractivity (Wildman–Crippen MR) is 82.8 cm³/mol. The first kappa shape index (κ1) is 13.6.